The Hall–Kier alpha value is -2.73. The Morgan fingerprint density at radius 3 is 2.57 bits per heavy atom. The van der Waals surface area contributed by atoms with Crippen LogP contribution >= 0.6 is 11.6 Å². The zero-order valence-corrected chi connectivity index (χ0v) is 11.2. The molecule has 0 unspecified atom stereocenters. The molecule has 104 valence electrons. The number of benzene rings is 1. The molecule has 3 rings (SSSR count). The Kier molecular flexibility index (Phi) is 2.95. The minimum Gasteiger partial charge on any atom is -0.478 e. The number of carbonyl (C=O) groups excluding carboxylic acids is 2. The van der Waals surface area contributed by atoms with E-state index in [2.05, 4.69) is 4.98 Å². The van der Waals surface area contributed by atoms with Gasteiger partial charge in [0.05, 0.1) is 21.8 Å². The standard InChI is InChI=1S/C14H7ClN2O4/c15-9-6-7(14(20)21)3-4-10(9)17-12(18)8-2-1-5-16-11(8)13(17)19/h1-6H,(H,20,21). The van der Waals surface area contributed by atoms with Crippen molar-refractivity contribution < 1.29 is 19.5 Å². The van der Waals surface area contributed by atoms with E-state index >= 15 is 0 Å². The molecule has 1 aliphatic rings. The molecule has 1 N–H and O–H groups in total. The van der Waals surface area contributed by atoms with Crippen LogP contribution in [0.1, 0.15) is 31.2 Å². The monoisotopic (exact) mass is 302 g/mol. The molecule has 1 aliphatic heterocycles. The van der Waals surface area contributed by atoms with Crippen molar-refractivity contribution in [2.75, 3.05) is 4.90 Å². The van der Waals surface area contributed by atoms with Crippen LogP contribution in [0.2, 0.25) is 5.02 Å². The summed E-state index contributed by atoms with van der Waals surface area (Å²) in [4.78, 5) is 40.2. The Balaban J connectivity index is 2.09. The van der Waals surface area contributed by atoms with E-state index in [9.17, 15) is 14.4 Å². The van der Waals surface area contributed by atoms with E-state index in [1.807, 2.05) is 0 Å². The fourth-order valence-corrected chi connectivity index (χ4v) is 2.37. The third-order valence-corrected chi connectivity index (χ3v) is 3.39. The number of imide groups is 1. The number of rotatable bonds is 2. The van der Waals surface area contributed by atoms with Crippen LogP contribution in [-0.2, 0) is 0 Å². The number of nitrogens with zero attached hydrogens (tertiary/aromatic N) is 2. The van der Waals surface area contributed by atoms with Gasteiger partial charge >= 0.3 is 5.97 Å². The van der Waals surface area contributed by atoms with Crippen molar-refractivity contribution in [2.24, 2.45) is 0 Å². The zero-order chi connectivity index (χ0) is 15.1. The van der Waals surface area contributed by atoms with Gasteiger partial charge < -0.3 is 5.11 Å². The highest BCUT2D eigenvalue weighted by molar-refractivity contribution is 6.39. The van der Waals surface area contributed by atoms with Gasteiger partial charge in [0, 0.05) is 6.20 Å². The number of aromatic nitrogens is 1. The fraction of sp³-hybridized carbons (Fsp3) is 0. The van der Waals surface area contributed by atoms with Crippen LogP contribution in [0.3, 0.4) is 0 Å². The van der Waals surface area contributed by atoms with E-state index in [1.54, 1.807) is 6.07 Å². The highest BCUT2D eigenvalue weighted by Gasteiger charge is 2.38. The molecule has 0 aliphatic carbocycles. The molecule has 0 spiro atoms. The fourth-order valence-electron chi connectivity index (χ4n) is 2.11. The third-order valence-electron chi connectivity index (χ3n) is 3.08. The first kappa shape index (κ1) is 13.3. The second-order valence-electron chi connectivity index (χ2n) is 4.32. The maximum atomic E-state index is 12.3. The van der Waals surface area contributed by atoms with Crippen LogP contribution in [0, 0.1) is 0 Å². The number of aromatic carboxylic acids is 1. The molecule has 6 nitrogen and oxygen atoms in total. The number of hydrogen-bond acceptors (Lipinski definition) is 4. The van der Waals surface area contributed by atoms with Crippen LogP contribution in [0.5, 0.6) is 0 Å². The SMILES string of the molecule is O=C(O)c1ccc(N2C(=O)c3cccnc3C2=O)c(Cl)c1. The van der Waals surface area contributed by atoms with Gasteiger partial charge in [-0.25, -0.2) is 9.69 Å². The van der Waals surface area contributed by atoms with Crippen LogP contribution in [-0.4, -0.2) is 27.9 Å². The smallest absolute Gasteiger partial charge is 0.335 e. The van der Waals surface area contributed by atoms with Crippen molar-refractivity contribution in [1.29, 1.82) is 0 Å². The predicted molar refractivity (Wildman–Crippen MR) is 73.8 cm³/mol. The average molecular weight is 303 g/mol. The summed E-state index contributed by atoms with van der Waals surface area (Å²) in [5.41, 5.74) is 0.356. The summed E-state index contributed by atoms with van der Waals surface area (Å²) in [5.74, 6) is -2.26. The summed E-state index contributed by atoms with van der Waals surface area (Å²) in [6, 6.07) is 6.86. The molecule has 1 aromatic carbocycles. The molecule has 2 aromatic rings. The quantitative estimate of drug-likeness (QED) is 0.860. The molecule has 0 saturated heterocycles. The van der Waals surface area contributed by atoms with Gasteiger partial charge in [0.25, 0.3) is 11.8 Å². The molecule has 2 heterocycles. The second-order valence-corrected chi connectivity index (χ2v) is 4.72. The lowest BCUT2D eigenvalue weighted by atomic mass is 10.2. The highest BCUT2D eigenvalue weighted by atomic mass is 35.5. The van der Waals surface area contributed by atoms with Crippen molar-refractivity contribution in [3.63, 3.8) is 0 Å². The van der Waals surface area contributed by atoms with E-state index in [1.165, 1.54) is 30.5 Å². The van der Waals surface area contributed by atoms with Gasteiger partial charge in [0.15, 0.2) is 0 Å². The van der Waals surface area contributed by atoms with E-state index < -0.39 is 17.8 Å². The lowest BCUT2D eigenvalue weighted by Crippen LogP contribution is -2.29. The maximum absolute atomic E-state index is 12.3. The van der Waals surface area contributed by atoms with E-state index in [-0.39, 0.29) is 27.5 Å². The molecule has 1 aromatic heterocycles. The lowest BCUT2D eigenvalue weighted by Gasteiger charge is -2.15. The number of carbonyl (C=O) groups is 3. The molecule has 21 heavy (non-hydrogen) atoms. The summed E-state index contributed by atoms with van der Waals surface area (Å²) in [6.45, 7) is 0. The molecule has 7 heteroatoms. The summed E-state index contributed by atoms with van der Waals surface area (Å²) < 4.78 is 0. The Morgan fingerprint density at radius 1 is 1.19 bits per heavy atom. The third kappa shape index (κ3) is 1.96. The molecular formula is C14H7ClN2O4. The minimum atomic E-state index is -1.15. The Morgan fingerprint density at radius 2 is 1.95 bits per heavy atom. The number of hydrogen-bond donors (Lipinski definition) is 1. The largest absolute Gasteiger partial charge is 0.478 e. The van der Waals surface area contributed by atoms with E-state index in [0.29, 0.717) is 0 Å². The van der Waals surface area contributed by atoms with Gasteiger partial charge in [-0.1, -0.05) is 11.6 Å². The number of halogens is 1. The predicted octanol–water partition coefficient (Wildman–Crippen LogP) is 2.23. The van der Waals surface area contributed by atoms with Gasteiger partial charge in [0.2, 0.25) is 0 Å². The molecule has 0 atom stereocenters. The molecule has 0 radical (unpaired) electrons. The first-order chi connectivity index (χ1) is 10.0. The number of pyridine rings is 1. The van der Waals surface area contributed by atoms with Gasteiger partial charge in [0.1, 0.15) is 5.69 Å². The van der Waals surface area contributed by atoms with Gasteiger partial charge in [-0.2, -0.15) is 0 Å². The van der Waals surface area contributed by atoms with Crippen LogP contribution in [0.25, 0.3) is 0 Å². The van der Waals surface area contributed by atoms with Crippen molar-refractivity contribution in [3.8, 4) is 0 Å². The van der Waals surface area contributed by atoms with Crippen molar-refractivity contribution >= 4 is 35.1 Å². The molecule has 2 amide bonds. The summed E-state index contributed by atoms with van der Waals surface area (Å²) in [6.07, 6.45) is 1.42. The second kappa shape index (κ2) is 4.68. The Labute approximate surface area is 123 Å². The van der Waals surface area contributed by atoms with Gasteiger partial charge in [-0.15, -0.1) is 0 Å². The number of anilines is 1. The van der Waals surface area contributed by atoms with Crippen molar-refractivity contribution in [3.05, 3.63) is 58.4 Å². The van der Waals surface area contributed by atoms with E-state index in [0.717, 1.165) is 4.90 Å². The van der Waals surface area contributed by atoms with E-state index in [4.69, 9.17) is 16.7 Å². The lowest BCUT2D eigenvalue weighted by molar-refractivity contribution is 0.0696. The first-order valence-corrected chi connectivity index (χ1v) is 6.25. The summed E-state index contributed by atoms with van der Waals surface area (Å²) >= 11 is 6.00. The van der Waals surface area contributed by atoms with Crippen molar-refractivity contribution in [1.82, 2.24) is 4.98 Å². The number of carboxylic acids is 1. The number of amides is 2. The zero-order valence-electron chi connectivity index (χ0n) is 10.4. The van der Waals surface area contributed by atoms with Gasteiger partial charge in [-0.3, -0.25) is 14.6 Å². The molecule has 0 bridgehead atoms. The number of carboxylic acid groups (broad SMARTS) is 1. The van der Waals surface area contributed by atoms with Gasteiger partial charge in [-0.05, 0) is 30.3 Å². The van der Waals surface area contributed by atoms with Crippen LogP contribution in [0.4, 0.5) is 5.69 Å². The summed E-state index contributed by atoms with van der Waals surface area (Å²) in [5, 5.41) is 8.90. The molecule has 0 fully saturated rings. The topological polar surface area (TPSA) is 87.6 Å². The van der Waals surface area contributed by atoms with Crippen LogP contribution in [0.15, 0.2) is 36.5 Å². The molecular weight excluding hydrogens is 296 g/mol. The first-order valence-electron chi connectivity index (χ1n) is 5.87. The maximum Gasteiger partial charge on any atom is 0.335 e. The van der Waals surface area contributed by atoms with Crippen LogP contribution < -0.4 is 4.90 Å². The number of fused-ring (bicyclic) bond motifs is 1. The highest BCUT2D eigenvalue weighted by Crippen LogP contribution is 2.33. The van der Waals surface area contributed by atoms with Crippen molar-refractivity contribution in [2.45, 2.75) is 0 Å². The Bertz CT molecular complexity index is 768. The molecule has 0 saturated carbocycles. The minimum absolute atomic E-state index is 0.00408. The average Bonchev–Trinajstić information content (AvgIpc) is 2.72. The normalized spacial score (nSPS) is 13.5. The summed E-state index contributed by atoms with van der Waals surface area (Å²) in [7, 11) is 0.